The van der Waals surface area contributed by atoms with Crippen molar-refractivity contribution in [2.24, 2.45) is 0 Å². The van der Waals surface area contributed by atoms with Crippen molar-refractivity contribution in [2.45, 2.75) is 12.8 Å². The minimum atomic E-state index is -0.471. The van der Waals surface area contributed by atoms with E-state index >= 15 is 0 Å². The molecule has 31 heavy (non-hydrogen) atoms. The fourth-order valence-corrected chi connectivity index (χ4v) is 3.16. The maximum Gasteiger partial charge on any atom is 0.269 e. The number of aromatic amines is 1. The van der Waals surface area contributed by atoms with E-state index in [1.807, 2.05) is 18.0 Å². The molecule has 8 nitrogen and oxygen atoms in total. The molecule has 2 aromatic carbocycles. The Morgan fingerprint density at radius 3 is 2.45 bits per heavy atom. The molecule has 3 rings (SSSR count). The zero-order chi connectivity index (χ0) is 22.4. The number of benzene rings is 2. The number of nitro groups is 1. The van der Waals surface area contributed by atoms with Crippen molar-refractivity contribution < 1.29 is 14.1 Å². The molecule has 0 aliphatic carbocycles. The first-order valence-corrected chi connectivity index (χ1v) is 9.83. The number of non-ortho nitro benzene ring substituents is 1. The second kappa shape index (κ2) is 9.94. The number of aryl methyl sites for hydroxylation is 1. The van der Waals surface area contributed by atoms with Gasteiger partial charge in [0.25, 0.3) is 5.69 Å². The van der Waals surface area contributed by atoms with Gasteiger partial charge in [-0.1, -0.05) is 0 Å². The van der Waals surface area contributed by atoms with Gasteiger partial charge in [0, 0.05) is 36.1 Å². The number of hydrogen-bond acceptors (Lipinski definition) is 5. The van der Waals surface area contributed by atoms with Crippen molar-refractivity contribution in [3.8, 4) is 11.3 Å². The van der Waals surface area contributed by atoms with Gasteiger partial charge in [0.15, 0.2) is 0 Å². The summed E-state index contributed by atoms with van der Waals surface area (Å²) in [5.41, 5.74) is 3.18. The van der Waals surface area contributed by atoms with Crippen LogP contribution in [0.15, 0.2) is 54.6 Å². The number of carbonyl (C=O) groups excluding carboxylic acids is 1. The summed E-state index contributed by atoms with van der Waals surface area (Å²) in [5.74, 6) is -0.382. The Bertz CT molecular complexity index is 1030. The first-order chi connectivity index (χ1) is 14.8. The minimum Gasteiger partial charge on any atom is -0.314 e. The van der Waals surface area contributed by atoms with Crippen molar-refractivity contribution in [3.05, 3.63) is 76.2 Å². The number of carbonyl (C=O) groups is 1. The van der Waals surface area contributed by atoms with Crippen LogP contribution in [0, 0.1) is 15.9 Å². The molecule has 0 spiro atoms. The quantitative estimate of drug-likeness (QED) is 0.417. The molecule has 1 N–H and O–H groups in total. The van der Waals surface area contributed by atoms with E-state index in [2.05, 4.69) is 10.2 Å². The molecule has 0 aliphatic heterocycles. The van der Waals surface area contributed by atoms with Gasteiger partial charge in [-0.2, -0.15) is 5.10 Å². The van der Waals surface area contributed by atoms with Crippen LogP contribution in [0.5, 0.6) is 0 Å². The van der Waals surface area contributed by atoms with Crippen molar-refractivity contribution in [3.63, 3.8) is 0 Å². The van der Waals surface area contributed by atoms with E-state index in [4.69, 9.17) is 0 Å². The normalized spacial score (nSPS) is 11.0. The highest BCUT2D eigenvalue weighted by Crippen LogP contribution is 2.20. The van der Waals surface area contributed by atoms with Crippen LogP contribution in [0.1, 0.15) is 12.1 Å². The van der Waals surface area contributed by atoms with Gasteiger partial charge >= 0.3 is 0 Å². The Kier molecular flexibility index (Phi) is 7.09. The number of rotatable bonds is 9. The summed E-state index contributed by atoms with van der Waals surface area (Å²) in [4.78, 5) is 26.2. The number of nitrogens with zero attached hydrogens (tertiary/aromatic N) is 4. The van der Waals surface area contributed by atoms with Gasteiger partial charge < -0.3 is 4.90 Å². The predicted octanol–water partition coefficient (Wildman–Crippen LogP) is 3.65. The fraction of sp³-hybridized carbons (Fsp3) is 0.273. The Balaban J connectivity index is 1.45. The Morgan fingerprint density at radius 1 is 1.13 bits per heavy atom. The smallest absolute Gasteiger partial charge is 0.269 e. The molecule has 1 heterocycles. The zero-order valence-corrected chi connectivity index (χ0v) is 17.4. The van der Waals surface area contributed by atoms with E-state index < -0.39 is 4.92 Å². The van der Waals surface area contributed by atoms with Gasteiger partial charge in [0.1, 0.15) is 5.82 Å². The average Bonchev–Trinajstić information content (AvgIpc) is 3.22. The number of nitro benzene ring substituents is 1. The van der Waals surface area contributed by atoms with Crippen LogP contribution in [-0.4, -0.2) is 53.1 Å². The summed E-state index contributed by atoms with van der Waals surface area (Å²) in [7, 11) is 3.53. The number of halogens is 1. The SMILES string of the molecule is CN(CCCc1cc(-c2ccc(F)cc2)n[nH]1)CC(=O)N(C)c1ccc([N+](=O)[O-])cc1. The summed E-state index contributed by atoms with van der Waals surface area (Å²) in [6.07, 6.45) is 1.60. The molecule has 0 unspecified atom stereocenters. The fourth-order valence-electron chi connectivity index (χ4n) is 3.16. The van der Waals surface area contributed by atoms with Gasteiger partial charge in [-0.3, -0.25) is 24.9 Å². The summed E-state index contributed by atoms with van der Waals surface area (Å²) >= 11 is 0. The molecule has 3 aromatic rings. The molecule has 0 aliphatic rings. The lowest BCUT2D eigenvalue weighted by Gasteiger charge is -2.21. The molecular weight excluding hydrogens is 401 g/mol. The maximum atomic E-state index is 13.0. The van der Waals surface area contributed by atoms with Gasteiger partial charge in [0.05, 0.1) is 17.2 Å². The van der Waals surface area contributed by atoms with Gasteiger partial charge in [0.2, 0.25) is 5.91 Å². The number of amides is 1. The van der Waals surface area contributed by atoms with Crippen LogP contribution in [0.3, 0.4) is 0 Å². The third-order valence-corrected chi connectivity index (χ3v) is 4.98. The molecule has 1 aromatic heterocycles. The van der Waals surface area contributed by atoms with E-state index in [9.17, 15) is 19.3 Å². The number of nitrogens with one attached hydrogen (secondary N) is 1. The Labute approximate surface area is 179 Å². The van der Waals surface area contributed by atoms with E-state index in [0.717, 1.165) is 29.8 Å². The van der Waals surface area contributed by atoms with Crippen LogP contribution >= 0.6 is 0 Å². The summed E-state index contributed by atoms with van der Waals surface area (Å²) in [6, 6.07) is 14.0. The minimum absolute atomic E-state index is 0.0110. The molecule has 0 atom stereocenters. The number of anilines is 1. The van der Waals surface area contributed by atoms with E-state index in [-0.39, 0.29) is 24.0 Å². The maximum absolute atomic E-state index is 13.0. The molecule has 0 saturated carbocycles. The number of hydrogen-bond donors (Lipinski definition) is 1. The molecule has 0 saturated heterocycles. The van der Waals surface area contributed by atoms with Crippen molar-refractivity contribution >= 4 is 17.3 Å². The van der Waals surface area contributed by atoms with Crippen LogP contribution in [0.4, 0.5) is 15.8 Å². The second-order valence-electron chi connectivity index (χ2n) is 7.35. The van der Waals surface area contributed by atoms with Crippen molar-refractivity contribution in [1.82, 2.24) is 15.1 Å². The van der Waals surface area contributed by atoms with Gasteiger partial charge in [-0.25, -0.2) is 4.39 Å². The number of likely N-dealkylation sites (N-methyl/N-ethyl adjacent to an activating group) is 2. The standard InChI is InChI=1S/C22H24FN5O3/c1-26(15-22(29)27(2)19-9-11-20(12-10-19)28(30)31)13-3-4-18-14-21(25-24-18)16-5-7-17(23)8-6-16/h5-12,14H,3-4,13,15H2,1-2H3,(H,24,25). The average molecular weight is 425 g/mol. The zero-order valence-electron chi connectivity index (χ0n) is 17.4. The lowest BCUT2D eigenvalue weighted by molar-refractivity contribution is -0.384. The molecule has 0 bridgehead atoms. The first kappa shape index (κ1) is 22.1. The topological polar surface area (TPSA) is 95.4 Å². The Hall–Kier alpha value is -3.59. The van der Waals surface area contributed by atoms with Gasteiger partial charge in [-0.05, 0) is 68.9 Å². The summed E-state index contributed by atoms with van der Waals surface area (Å²) < 4.78 is 13.0. The van der Waals surface area contributed by atoms with Crippen molar-refractivity contribution in [1.29, 1.82) is 0 Å². The Morgan fingerprint density at radius 2 is 1.81 bits per heavy atom. The molecule has 0 radical (unpaired) electrons. The van der Waals surface area contributed by atoms with E-state index in [1.54, 1.807) is 31.3 Å². The summed E-state index contributed by atoms with van der Waals surface area (Å²) in [6.45, 7) is 0.946. The van der Waals surface area contributed by atoms with Gasteiger partial charge in [-0.15, -0.1) is 0 Å². The van der Waals surface area contributed by atoms with E-state index in [0.29, 0.717) is 12.2 Å². The van der Waals surface area contributed by atoms with Crippen LogP contribution < -0.4 is 4.90 Å². The first-order valence-electron chi connectivity index (χ1n) is 9.83. The highest BCUT2D eigenvalue weighted by molar-refractivity contribution is 5.94. The van der Waals surface area contributed by atoms with Crippen molar-refractivity contribution in [2.75, 3.05) is 32.1 Å². The third-order valence-electron chi connectivity index (χ3n) is 4.98. The lowest BCUT2D eigenvalue weighted by atomic mass is 10.1. The molecule has 1 amide bonds. The van der Waals surface area contributed by atoms with Crippen LogP contribution in [0.25, 0.3) is 11.3 Å². The molecular formula is C22H24FN5O3. The van der Waals surface area contributed by atoms with E-state index in [1.165, 1.54) is 29.2 Å². The highest BCUT2D eigenvalue weighted by atomic mass is 19.1. The predicted molar refractivity (Wildman–Crippen MR) is 116 cm³/mol. The summed E-state index contributed by atoms with van der Waals surface area (Å²) in [5, 5.41) is 18.0. The monoisotopic (exact) mass is 425 g/mol. The lowest BCUT2D eigenvalue weighted by Crippen LogP contribution is -2.37. The second-order valence-corrected chi connectivity index (χ2v) is 7.35. The van der Waals surface area contributed by atoms with Crippen LogP contribution in [0.2, 0.25) is 0 Å². The molecule has 9 heteroatoms. The highest BCUT2D eigenvalue weighted by Gasteiger charge is 2.15. The molecule has 0 fully saturated rings. The third kappa shape index (κ3) is 5.95. The number of H-pyrrole nitrogens is 1. The molecule has 162 valence electrons. The number of aromatic nitrogens is 2. The largest absolute Gasteiger partial charge is 0.314 e. The van der Waals surface area contributed by atoms with Crippen LogP contribution in [-0.2, 0) is 11.2 Å².